The summed E-state index contributed by atoms with van der Waals surface area (Å²) in [6.07, 6.45) is 6.14. The summed E-state index contributed by atoms with van der Waals surface area (Å²) in [4.78, 5) is 38.3. The highest BCUT2D eigenvalue weighted by Gasteiger charge is 2.45. The zero-order chi connectivity index (χ0) is 45.3. The third-order valence-corrected chi connectivity index (χ3v) is 12.8. The van der Waals surface area contributed by atoms with Gasteiger partial charge in [-0.2, -0.15) is 0 Å². The number of nitrogens with one attached hydrogen (secondary N) is 2. The Balaban J connectivity index is 0.722. The lowest BCUT2D eigenvalue weighted by Gasteiger charge is -2.36. The molecule has 0 spiro atoms. The van der Waals surface area contributed by atoms with E-state index in [0.29, 0.717) is 35.8 Å². The summed E-state index contributed by atoms with van der Waals surface area (Å²) in [6.45, 7) is 11.0. The molecule has 0 aliphatic carbocycles. The second kappa shape index (κ2) is 21.2. The Labute approximate surface area is 376 Å². The van der Waals surface area contributed by atoms with Gasteiger partial charge in [0.1, 0.15) is 30.6 Å². The van der Waals surface area contributed by atoms with Crippen LogP contribution in [-0.2, 0) is 36.4 Å². The van der Waals surface area contributed by atoms with Gasteiger partial charge >= 0.3 is 0 Å². The predicted octanol–water partition coefficient (Wildman–Crippen LogP) is 5.02. The van der Waals surface area contributed by atoms with Crippen molar-refractivity contribution in [3.05, 3.63) is 107 Å². The molecule has 0 bridgehead atoms. The highest BCUT2D eigenvalue weighted by atomic mass is 32.2. The predicted molar refractivity (Wildman–Crippen MR) is 242 cm³/mol. The van der Waals surface area contributed by atoms with Crippen LogP contribution in [0.4, 0.5) is 11.6 Å². The Kier molecular flexibility index (Phi) is 15.5. The lowest BCUT2D eigenvalue weighted by atomic mass is 9.78. The zero-order valence-corrected chi connectivity index (χ0v) is 37.8. The van der Waals surface area contributed by atoms with E-state index >= 15 is 0 Å². The van der Waals surface area contributed by atoms with Crippen molar-refractivity contribution < 1.29 is 42.4 Å². The molecule has 2 amide bonds. The van der Waals surface area contributed by atoms with Crippen molar-refractivity contribution in [2.24, 2.45) is 0 Å². The highest BCUT2D eigenvalue weighted by molar-refractivity contribution is 7.92. The lowest BCUT2D eigenvalue weighted by Crippen LogP contribution is -2.52. The number of hydrogen-bond acceptors (Lipinski definition) is 14. The summed E-state index contributed by atoms with van der Waals surface area (Å²) in [7, 11) is -3.47. The second-order valence-corrected chi connectivity index (χ2v) is 19.0. The number of carbonyl (C=O) groups is 2. The van der Waals surface area contributed by atoms with Crippen molar-refractivity contribution >= 4 is 33.5 Å². The first-order valence-electron chi connectivity index (χ1n) is 22.2. The monoisotopic (exact) mass is 899 g/mol. The first kappa shape index (κ1) is 46.8. The van der Waals surface area contributed by atoms with Crippen LogP contribution < -0.4 is 24.4 Å². The fourth-order valence-electron chi connectivity index (χ4n) is 8.48. The summed E-state index contributed by atoms with van der Waals surface area (Å²) < 4.78 is 43.2. The molecule has 3 atom stereocenters. The molecule has 17 heteroatoms. The van der Waals surface area contributed by atoms with E-state index in [1.165, 1.54) is 16.7 Å². The van der Waals surface area contributed by atoms with Crippen LogP contribution in [-0.4, -0.2) is 115 Å². The molecule has 3 aromatic carbocycles. The van der Waals surface area contributed by atoms with E-state index in [1.54, 1.807) is 6.07 Å². The van der Waals surface area contributed by atoms with Crippen LogP contribution in [0, 0.1) is 0 Å². The van der Waals surface area contributed by atoms with Crippen LogP contribution in [0.2, 0.25) is 0 Å². The molecule has 1 aromatic heterocycles. The van der Waals surface area contributed by atoms with Gasteiger partial charge in [0, 0.05) is 74.2 Å². The summed E-state index contributed by atoms with van der Waals surface area (Å²) in [6, 6.07) is 22.9. The third kappa shape index (κ3) is 12.1. The van der Waals surface area contributed by atoms with Crippen molar-refractivity contribution in [2.75, 3.05) is 68.4 Å². The van der Waals surface area contributed by atoms with E-state index in [9.17, 15) is 28.2 Å². The number of aromatic nitrogens is 2. The number of carbonyl (C=O) groups excluding carboxylic acids is 2. The number of piperazine rings is 1. The third-order valence-electron chi connectivity index (χ3n) is 12.3. The number of ether oxygens (including phenoxy) is 3. The van der Waals surface area contributed by atoms with Gasteiger partial charge in [0.05, 0.1) is 31.2 Å². The topological polar surface area (TPSA) is 196 Å². The minimum absolute atomic E-state index is 0.00956. The maximum Gasteiger partial charge on any atom is 0.244 e. The van der Waals surface area contributed by atoms with Crippen molar-refractivity contribution in [3.63, 3.8) is 0 Å². The van der Waals surface area contributed by atoms with Gasteiger partial charge in [0.2, 0.25) is 27.8 Å². The molecule has 2 saturated heterocycles. The number of anilines is 2. The fourth-order valence-corrected chi connectivity index (χ4v) is 8.91. The summed E-state index contributed by atoms with van der Waals surface area (Å²) in [5.41, 5.74) is 4.78. The molecule has 344 valence electrons. The number of imide groups is 1. The van der Waals surface area contributed by atoms with Gasteiger partial charge < -0.3 is 29.3 Å². The van der Waals surface area contributed by atoms with Gasteiger partial charge in [-0.25, -0.2) is 23.3 Å². The SMILES string of the molecule is CC(C)(c1ccc(OCCCCCCCOCCN2CCN(c3ccc4c(c3)C(O)N(C3CCC(=O)NC3=O)C4O)CC2)cc1)c1ccc(OCc2ccnc(NS(C)(=O)=O)n2)cc1. The average molecular weight is 900 g/mol. The first-order valence-corrected chi connectivity index (χ1v) is 24.1. The Morgan fingerprint density at radius 1 is 0.797 bits per heavy atom. The number of aliphatic hydroxyl groups is 2. The standard InChI is InChI=1S/C47H61N7O9S/c1-47(2,34-11-16-38(17-12-34)63-32-35-21-22-48-46(49-35)51-64(3,59)60)33-9-14-37(15-10-33)62-29-8-6-4-5-7-28-61-30-27-52-23-25-53(26-24-52)36-13-18-39-40(31-36)45(58)54(44(39)57)41-19-20-42(55)50-43(41)56/h9-18,21-22,31,41,44-45,57-58H,4-8,19-20,23-30,32H2,1-3H3,(H,48,49,51)(H,50,55,56). The van der Waals surface area contributed by atoms with Crippen LogP contribution in [0.15, 0.2) is 79.0 Å². The van der Waals surface area contributed by atoms with E-state index in [2.05, 4.69) is 67.9 Å². The first-order chi connectivity index (χ1) is 30.7. The smallest absolute Gasteiger partial charge is 0.244 e. The van der Waals surface area contributed by atoms with Crippen LogP contribution in [0.1, 0.15) is 99.2 Å². The van der Waals surface area contributed by atoms with E-state index in [1.807, 2.05) is 42.5 Å². The Hall–Kier alpha value is -5.17. The molecule has 3 aliphatic rings. The number of piperidine rings is 1. The summed E-state index contributed by atoms with van der Waals surface area (Å²) >= 11 is 0. The van der Waals surface area contributed by atoms with E-state index in [0.717, 1.165) is 94.7 Å². The summed E-state index contributed by atoms with van der Waals surface area (Å²) in [5, 5.41) is 24.4. The van der Waals surface area contributed by atoms with Crippen molar-refractivity contribution in [2.45, 2.75) is 89.3 Å². The molecule has 7 rings (SSSR count). The number of fused-ring (bicyclic) bond motifs is 1. The van der Waals surface area contributed by atoms with Crippen LogP contribution in [0.3, 0.4) is 0 Å². The summed E-state index contributed by atoms with van der Waals surface area (Å²) in [5.74, 6) is 0.730. The largest absolute Gasteiger partial charge is 0.494 e. The van der Waals surface area contributed by atoms with Gasteiger partial charge in [-0.15, -0.1) is 0 Å². The van der Waals surface area contributed by atoms with E-state index in [4.69, 9.17) is 14.2 Å². The number of aliphatic hydroxyl groups excluding tert-OH is 2. The lowest BCUT2D eigenvalue weighted by molar-refractivity contribution is -0.154. The van der Waals surface area contributed by atoms with E-state index < -0.39 is 34.4 Å². The van der Waals surface area contributed by atoms with Gasteiger partial charge in [0.15, 0.2) is 0 Å². The molecule has 4 N–H and O–H groups in total. The van der Waals surface area contributed by atoms with Gasteiger partial charge in [0.25, 0.3) is 0 Å². The number of benzene rings is 3. The van der Waals surface area contributed by atoms with Crippen LogP contribution in [0.25, 0.3) is 0 Å². The van der Waals surface area contributed by atoms with Crippen LogP contribution >= 0.6 is 0 Å². The Morgan fingerprint density at radius 3 is 2.11 bits per heavy atom. The molecule has 3 unspecified atom stereocenters. The normalized spacial score (nSPS) is 19.6. The second-order valence-electron chi connectivity index (χ2n) is 17.2. The number of rotatable bonds is 21. The van der Waals surface area contributed by atoms with Crippen molar-refractivity contribution in [3.8, 4) is 11.5 Å². The van der Waals surface area contributed by atoms with Gasteiger partial charge in [-0.3, -0.25) is 24.5 Å². The molecular weight excluding hydrogens is 839 g/mol. The Morgan fingerprint density at radius 2 is 1.44 bits per heavy atom. The molecule has 0 radical (unpaired) electrons. The maximum atomic E-state index is 12.5. The van der Waals surface area contributed by atoms with Gasteiger partial charge in [-0.05, 0) is 72.9 Å². The minimum Gasteiger partial charge on any atom is -0.494 e. The number of sulfonamides is 1. The fraction of sp³-hybridized carbons (Fsp3) is 0.489. The number of hydrogen-bond donors (Lipinski definition) is 4. The molecular formula is C47H61N7O9S. The molecule has 3 aliphatic heterocycles. The number of nitrogens with zero attached hydrogens (tertiary/aromatic N) is 5. The molecule has 4 aromatic rings. The highest BCUT2D eigenvalue weighted by Crippen LogP contribution is 2.43. The minimum atomic E-state index is -3.47. The molecule has 16 nitrogen and oxygen atoms in total. The van der Waals surface area contributed by atoms with Crippen molar-refractivity contribution in [1.29, 1.82) is 0 Å². The molecule has 64 heavy (non-hydrogen) atoms. The molecule has 0 saturated carbocycles. The zero-order valence-electron chi connectivity index (χ0n) is 36.9. The molecule has 4 heterocycles. The quantitative estimate of drug-likeness (QED) is 0.0643. The number of unbranched alkanes of at least 4 members (excludes halogenated alkanes) is 4. The average Bonchev–Trinajstić information content (AvgIpc) is 3.52. The maximum absolute atomic E-state index is 12.5. The number of amides is 2. The van der Waals surface area contributed by atoms with Gasteiger partial charge in [-0.1, -0.05) is 63.4 Å². The van der Waals surface area contributed by atoms with E-state index in [-0.39, 0.29) is 36.7 Å². The van der Waals surface area contributed by atoms with Crippen LogP contribution in [0.5, 0.6) is 11.5 Å². The Bertz CT molecular complexity index is 2310. The molecule has 2 fully saturated rings. The van der Waals surface area contributed by atoms with Crippen molar-refractivity contribution in [1.82, 2.24) is 25.1 Å².